The van der Waals surface area contributed by atoms with Gasteiger partial charge in [-0.25, -0.2) is 4.79 Å². The Kier molecular flexibility index (Phi) is 4.83. The number of amides is 1. The van der Waals surface area contributed by atoms with Crippen molar-refractivity contribution < 1.29 is 14.3 Å². The van der Waals surface area contributed by atoms with Crippen LogP contribution in [0.5, 0.6) is 0 Å². The molecule has 1 heterocycles. The summed E-state index contributed by atoms with van der Waals surface area (Å²) in [6.07, 6.45) is 2.83. The summed E-state index contributed by atoms with van der Waals surface area (Å²) in [5.74, 6) is -0.0563. The van der Waals surface area contributed by atoms with Gasteiger partial charge in [0.2, 0.25) is 0 Å². The third-order valence-electron chi connectivity index (χ3n) is 2.00. The quantitative estimate of drug-likeness (QED) is 0.831. The van der Waals surface area contributed by atoms with Crippen LogP contribution in [-0.2, 0) is 4.74 Å². The molecule has 0 aliphatic carbocycles. The van der Waals surface area contributed by atoms with Crippen molar-refractivity contribution in [2.75, 3.05) is 6.54 Å². The number of ketones is 1. The molecule has 1 N–H and O–H groups in total. The number of alkyl carbamates (subject to hydrolysis) is 1. The number of ether oxygens (including phenoxy) is 1. The first-order chi connectivity index (χ1) is 8.38. The molecule has 0 spiro atoms. The predicted octanol–water partition coefficient (Wildman–Crippen LogP) is 2.18. The first kappa shape index (κ1) is 14.2. The zero-order valence-electron chi connectivity index (χ0n) is 10.9. The van der Waals surface area contributed by atoms with Crippen LogP contribution in [0.25, 0.3) is 0 Å². The van der Waals surface area contributed by atoms with Crippen molar-refractivity contribution in [2.45, 2.75) is 32.8 Å². The smallest absolute Gasteiger partial charge is 0.407 e. The summed E-state index contributed by atoms with van der Waals surface area (Å²) in [5.41, 5.74) is 0.0146. The molecule has 0 saturated heterocycles. The summed E-state index contributed by atoms with van der Waals surface area (Å²) in [5, 5.41) is 2.54. The lowest BCUT2D eigenvalue weighted by molar-refractivity contribution is 0.0527. The van der Waals surface area contributed by atoms with E-state index in [9.17, 15) is 9.59 Å². The van der Waals surface area contributed by atoms with E-state index in [1.165, 1.54) is 6.20 Å². The minimum atomic E-state index is -0.530. The third-order valence-corrected chi connectivity index (χ3v) is 2.00. The van der Waals surface area contributed by atoms with Gasteiger partial charge in [-0.3, -0.25) is 9.78 Å². The van der Waals surface area contributed by atoms with Crippen LogP contribution in [0.3, 0.4) is 0 Å². The van der Waals surface area contributed by atoms with Gasteiger partial charge in [0, 0.05) is 30.9 Å². The van der Waals surface area contributed by atoms with Crippen molar-refractivity contribution in [3.05, 3.63) is 30.1 Å². The van der Waals surface area contributed by atoms with Gasteiger partial charge in [0.15, 0.2) is 5.78 Å². The molecule has 0 fully saturated rings. The van der Waals surface area contributed by atoms with Gasteiger partial charge in [-0.1, -0.05) is 0 Å². The topological polar surface area (TPSA) is 68.3 Å². The number of carbonyl (C=O) groups is 2. The first-order valence-corrected chi connectivity index (χ1v) is 5.78. The van der Waals surface area contributed by atoms with Crippen molar-refractivity contribution in [1.29, 1.82) is 0 Å². The number of hydrogen-bond donors (Lipinski definition) is 1. The van der Waals surface area contributed by atoms with E-state index in [2.05, 4.69) is 10.3 Å². The van der Waals surface area contributed by atoms with Gasteiger partial charge in [0.05, 0.1) is 0 Å². The molecule has 0 aliphatic rings. The number of hydrogen-bond acceptors (Lipinski definition) is 4. The summed E-state index contributed by atoms with van der Waals surface area (Å²) in [7, 11) is 0. The molecule has 1 rings (SSSR count). The molecule has 0 atom stereocenters. The third kappa shape index (κ3) is 5.43. The van der Waals surface area contributed by atoms with E-state index in [1.54, 1.807) is 39.1 Å². The molecule has 18 heavy (non-hydrogen) atoms. The minimum Gasteiger partial charge on any atom is -0.444 e. The SMILES string of the molecule is CC(C)(C)OC(=O)NCCC(=O)c1cccnc1. The van der Waals surface area contributed by atoms with E-state index < -0.39 is 11.7 Å². The highest BCUT2D eigenvalue weighted by molar-refractivity contribution is 5.95. The average Bonchev–Trinajstić information content (AvgIpc) is 2.27. The Morgan fingerprint density at radius 3 is 2.67 bits per heavy atom. The van der Waals surface area contributed by atoms with E-state index in [1.807, 2.05) is 0 Å². The molecule has 0 saturated carbocycles. The molecular weight excluding hydrogens is 232 g/mol. The van der Waals surface area contributed by atoms with Crippen LogP contribution in [0, 0.1) is 0 Å². The van der Waals surface area contributed by atoms with E-state index in [4.69, 9.17) is 4.74 Å². The maximum Gasteiger partial charge on any atom is 0.407 e. The molecule has 5 heteroatoms. The zero-order valence-corrected chi connectivity index (χ0v) is 10.9. The summed E-state index contributed by atoms with van der Waals surface area (Å²) in [4.78, 5) is 26.9. The summed E-state index contributed by atoms with van der Waals surface area (Å²) in [6.45, 7) is 5.61. The average molecular weight is 250 g/mol. The number of rotatable bonds is 4. The maximum absolute atomic E-state index is 11.7. The van der Waals surface area contributed by atoms with Crippen LogP contribution in [0.15, 0.2) is 24.5 Å². The molecule has 5 nitrogen and oxygen atoms in total. The number of nitrogens with one attached hydrogen (secondary N) is 1. The Labute approximate surface area is 107 Å². The predicted molar refractivity (Wildman–Crippen MR) is 67.4 cm³/mol. The van der Waals surface area contributed by atoms with Crippen LogP contribution < -0.4 is 5.32 Å². The highest BCUT2D eigenvalue weighted by Crippen LogP contribution is 2.06. The van der Waals surface area contributed by atoms with Gasteiger partial charge < -0.3 is 10.1 Å². The molecule has 1 aromatic heterocycles. The van der Waals surface area contributed by atoms with Gasteiger partial charge in [-0.05, 0) is 32.9 Å². The second kappa shape index (κ2) is 6.14. The van der Waals surface area contributed by atoms with E-state index in [0.717, 1.165) is 0 Å². The Balaban J connectivity index is 2.30. The van der Waals surface area contributed by atoms with Crippen molar-refractivity contribution >= 4 is 11.9 Å². The largest absolute Gasteiger partial charge is 0.444 e. The number of aromatic nitrogens is 1. The summed E-state index contributed by atoms with van der Waals surface area (Å²) < 4.78 is 5.05. The van der Waals surface area contributed by atoms with Crippen LogP contribution in [0.2, 0.25) is 0 Å². The molecular formula is C13H18N2O3. The molecule has 1 amide bonds. The Morgan fingerprint density at radius 2 is 2.11 bits per heavy atom. The van der Waals surface area contributed by atoms with Crippen LogP contribution in [0.4, 0.5) is 4.79 Å². The Bertz CT molecular complexity index is 410. The van der Waals surface area contributed by atoms with Gasteiger partial charge in [0.1, 0.15) is 5.60 Å². The highest BCUT2D eigenvalue weighted by atomic mass is 16.6. The van der Waals surface area contributed by atoms with Gasteiger partial charge in [-0.15, -0.1) is 0 Å². The molecule has 1 aromatic rings. The zero-order chi connectivity index (χ0) is 13.6. The van der Waals surface area contributed by atoms with Crippen molar-refractivity contribution in [2.24, 2.45) is 0 Å². The normalized spacial score (nSPS) is 10.8. The van der Waals surface area contributed by atoms with Crippen molar-refractivity contribution in [3.8, 4) is 0 Å². The molecule has 0 aromatic carbocycles. The number of Topliss-reactive ketones (excluding diaryl/α,β-unsaturated/α-hetero) is 1. The molecule has 0 unspecified atom stereocenters. The maximum atomic E-state index is 11.7. The van der Waals surface area contributed by atoms with Crippen molar-refractivity contribution in [1.82, 2.24) is 10.3 Å². The van der Waals surface area contributed by atoms with E-state index in [-0.39, 0.29) is 18.7 Å². The van der Waals surface area contributed by atoms with Gasteiger partial charge >= 0.3 is 6.09 Å². The van der Waals surface area contributed by atoms with Crippen molar-refractivity contribution in [3.63, 3.8) is 0 Å². The molecule has 0 bridgehead atoms. The fourth-order valence-electron chi connectivity index (χ4n) is 1.26. The van der Waals surface area contributed by atoms with Crippen LogP contribution >= 0.6 is 0 Å². The fraction of sp³-hybridized carbons (Fsp3) is 0.462. The van der Waals surface area contributed by atoms with Gasteiger partial charge in [0.25, 0.3) is 0 Å². The second-order valence-electron chi connectivity index (χ2n) is 4.84. The summed E-state index contributed by atoms with van der Waals surface area (Å²) in [6, 6.07) is 3.40. The minimum absolute atomic E-state index is 0.0563. The highest BCUT2D eigenvalue weighted by Gasteiger charge is 2.16. The monoisotopic (exact) mass is 250 g/mol. The van der Waals surface area contributed by atoms with Crippen LogP contribution in [-0.4, -0.2) is 29.0 Å². The second-order valence-corrected chi connectivity index (χ2v) is 4.84. The molecule has 98 valence electrons. The lowest BCUT2D eigenvalue weighted by atomic mass is 10.1. The summed E-state index contributed by atoms with van der Waals surface area (Å²) >= 11 is 0. The lowest BCUT2D eigenvalue weighted by Crippen LogP contribution is -2.33. The standard InChI is InChI=1S/C13H18N2O3/c1-13(2,3)18-12(17)15-8-6-11(16)10-5-4-7-14-9-10/h4-5,7,9H,6,8H2,1-3H3,(H,15,17). The number of carbonyl (C=O) groups excluding carboxylic acids is 2. The van der Waals surface area contributed by atoms with Crippen LogP contribution in [0.1, 0.15) is 37.6 Å². The Hall–Kier alpha value is -1.91. The lowest BCUT2D eigenvalue weighted by Gasteiger charge is -2.19. The number of pyridine rings is 1. The molecule has 0 radical (unpaired) electrons. The first-order valence-electron chi connectivity index (χ1n) is 5.78. The molecule has 0 aliphatic heterocycles. The fourth-order valence-corrected chi connectivity index (χ4v) is 1.26. The Morgan fingerprint density at radius 1 is 1.39 bits per heavy atom. The van der Waals surface area contributed by atoms with E-state index in [0.29, 0.717) is 5.56 Å². The number of nitrogens with zero attached hydrogens (tertiary/aromatic N) is 1. The van der Waals surface area contributed by atoms with Gasteiger partial charge in [-0.2, -0.15) is 0 Å². The van der Waals surface area contributed by atoms with E-state index >= 15 is 0 Å².